The summed E-state index contributed by atoms with van der Waals surface area (Å²) in [7, 11) is -4.51. The SMILES string of the molecule is C=C(C)C(=O)OCC(O)CS(=O)(=O)[O-].[Na+]. The van der Waals surface area contributed by atoms with E-state index in [0.717, 1.165) is 0 Å². The molecule has 0 rings (SSSR count). The van der Waals surface area contributed by atoms with Crippen LogP contribution in [0.2, 0.25) is 0 Å². The first-order valence-corrected chi connectivity index (χ1v) is 5.24. The van der Waals surface area contributed by atoms with Crippen LogP contribution in [-0.4, -0.2) is 42.5 Å². The Morgan fingerprint density at radius 3 is 2.40 bits per heavy atom. The summed E-state index contributed by atoms with van der Waals surface area (Å²) in [5, 5.41) is 8.93. The molecule has 0 spiro atoms. The fourth-order valence-corrected chi connectivity index (χ4v) is 1.15. The van der Waals surface area contributed by atoms with Crippen LogP contribution < -0.4 is 29.6 Å². The molecule has 1 N–H and O–H groups in total. The molecule has 82 valence electrons. The molecule has 1 atom stereocenters. The molecule has 0 amide bonds. The van der Waals surface area contributed by atoms with Crippen molar-refractivity contribution in [3.63, 3.8) is 0 Å². The van der Waals surface area contributed by atoms with Gasteiger partial charge in [-0.3, -0.25) is 0 Å². The molecule has 0 saturated carbocycles. The van der Waals surface area contributed by atoms with Crippen molar-refractivity contribution < 1.29 is 57.2 Å². The van der Waals surface area contributed by atoms with E-state index in [1.807, 2.05) is 0 Å². The van der Waals surface area contributed by atoms with E-state index in [2.05, 4.69) is 11.3 Å². The molecule has 0 aliphatic rings. The fourth-order valence-electron chi connectivity index (χ4n) is 0.579. The van der Waals surface area contributed by atoms with Crippen LogP contribution in [0.15, 0.2) is 12.2 Å². The first kappa shape index (κ1) is 17.5. The Kier molecular flexibility index (Phi) is 8.58. The third-order valence-electron chi connectivity index (χ3n) is 1.15. The third-order valence-corrected chi connectivity index (χ3v) is 1.94. The summed E-state index contributed by atoms with van der Waals surface area (Å²) >= 11 is 0. The van der Waals surface area contributed by atoms with Crippen molar-refractivity contribution in [3.05, 3.63) is 12.2 Å². The number of aliphatic hydroxyl groups is 1. The van der Waals surface area contributed by atoms with Gasteiger partial charge in [0.15, 0.2) is 0 Å². The Morgan fingerprint density at radius 1 is 1.60 bits per heavy atom. The quantitative estimate of drug-likeness (QED) is 0.229. The van der Waals surface area contributed by atoms with Gasteiger partial charge < -0.3 is 14.4 Å². The van der Waals surface area contributed by atoms with Gasteiger partial charge in [0.2, 0.25) is 0 Å². The maximum Gasteiger partial charge on any atom is 1.00 e. The number of rotatable bonds is 5. The number of esters is 1. The Morgan fingerprint density at radius 2 is 2.07 bits per heavy atom. The van der Waals surface area contributed by atoms with Gasteiger partial charge in [0, 0.05) is 5.57 Å². The maximum absolute atomic E-state index is 10.8. The van der Waals surface area contributed by atoms with Gasteiger partial charge in [-0.25, -0.2) is 13.2 Å². The Labute approximate surface area is 110 Å². The average Bonchev–Trinajstić information content (AvgIpc) is 1.96. The van der Waals surface area contributed by atoms with Gasteiger partial charge in [-0.05, 0) is 6.92 Å². The largest absolute Gasteiger partial charge is 1.00 e. The first-order chi connectivity index (χ1) is 6.22. The van der Waals surface area contributed by atoms with Crippen LogP contribution in [0.25, 0.3) is 0 Å². The minimum absolute atomic E-state index is 0. The van der Waals surface area contributed by atoms with E-state index in [-0.39, 0.29) is 35.1 Å². The van der Waals surface area contributed by atoms with Crippen LogP contribution in [0, 0.1) is 0 Å². The number of aliphatic hydroxyl groups excluding tert-OH is 1. The molecule has 0 fully saturated rings. The van der Waals surface area contributed by atoms with E-state index in [1.54, 1.807) is 0 Å². The van der Waals surface area contributed by atoms with Gasteiger partial charge in [-0.1, -0.05) is 6.58 Å². The number of ether oxygens (including phenoxy) is 1. The first-order valence-electron chi connectivity index (χ1n) is 3.66. The summed E-state index contributed by atoms with van der Waals surface area (Å²) in [4.78, 5) is 10.8. The van der Waals surface area contributed by atoms with Crippen LogP contribution in [0.5, 0.6) is 0 Å². The minimum Gasteiger partial charge on any atom is -0.748 e. The molecule has 6 nitrogen and oxygen atoms in total. The van der Waals surface area contributed by atoms with Gasteiger partial charge in [0.1, 0.15) is 12.7 Å². The summed E-state index contributed by atoms with van der Waals surface area (Å²) < 4.78 is 34.9. The van der Waals surface area contributed by atoms with E-state index < -0.39 is 34.6 Å². The Balaban J connectivity index is 0. The second-order valence-corrected chi connectivity index (χ2v) is 4.21. The Bertz CT molecular complexity index is 322. The second-order valence-electron chi connectivity index (χ2n) is 2.76. The van der Waals surface area contributed by atoms with Gasteiger partial charge in [-0.2, -0.15) is 0 Å². The molecule has 0 bridgehead atoms. The van der Waals surface area contributed by atoms with E-state index >= 15 is 0 Å². The number of hydrogen-bond acceptors (Lipinski definition) is 6. The van der Waals surface area contributed by atoms with Gasteiger partial charge in [-0.15, -0.1) is 0 Å². The minimum atomic E-state index is -4.51. The molecule has 1 unspecified atom stereocenters. The topological polar surface area (TPSA) is 104 Å². The summed E-state index contributed by atoms with van der Waals surface area (Å²) in [6.07, 6.45) is -1.50. The van der Waals surface area contributed by atoms with E-state index in [9.17, 15) is 17.8 Å². The van der Waals surface area contributed by atoms with Crippen molar-refractivity contribution in [3.8, 4) is 0 Å². The number of hydrogen-bond donors (Lipinski definition) is 1. The fraction of sp³-hybridized carbons (Fsp3) is 0.571. The zero-order valence-electron chi connectivity index (χ0n) is 8.60. The van der Waals surface area contributed by atoms with E-state index in [0.29, 0.717) is 0 Å². The van der Waals surface area contributed by atoms with E-state index in [1.165, 1.54) is 6.92 Å². The molecule has 0 aromatic carbocycles. The molecule has 0 aromatic rings. The number of carbonyl (C=O) groups is 1. The molecule has 15 heavy (non-hydrogen) atoms. The monoisotopic (exact) mass is 246 g/mol. The summed E-state index contributed by atoms with van der Waals surface area (Å²) in [6.45, 7) is 4.14. The van der Waals surface area contributed by atoms with Crippen molar-refractivity contribution in [1.29, 1.82) is 0 Å². The van der Waals surface area contributed by atoms with Crippen molar-refractivity contribution in [2.24, 2.45) is 0 Å². The molecule has 0 saturated heterocycles. The molecule has 0 radical (unpaired) electrons. The summed E-state index contributed by atoms with van der Waals surface area (Å²) in [6, 6.07) is 0. The van der Waals surface area contributed by atoms with Crippen LogP contribution in [0.1, 0.15) is 6.92 Å². The molecular weight excluding hydrogens is 235 g/mol. The molecule has 0 aromatic heterocycles. The zero-order valence-corrected chi connectivity index (χ0v) is 11.4. The number of carbonyl (C=O) groups excluding carboxylic acids is 1. The van der Waals surface area contributed by atoms with Crippen LogP contribution in [-0.2, 0) is 19.6 Å². The molecule has 0 heterocycles. The van der Waals surface area contributed by atoms with Crippen molar-refractivity contribution in [2.75, 3.05) is 12.4 Å². The third kappa shape index (κ3) is 10.4. The standard InChI is InChI=1S/C7H12O6S.Na/c1-5(2)7(9)13-3-6(8)4-14(10,11)12;/h6,8H,1,3-4H2,2H3,(H,10,11,12);/q;+1/p-1. The molecule has 0 aliphatic heterocycles. The van der Waals surface area contributed by atoms with Gasteiger partial charge in [0.05, 0.1) is 15.9 Å². The average molecular weight is 246 g/mol. The van der Waals surface area contributed by atoms with Crippen molar-refractivity contribution >= 4 is 16.1 Å². The van der Waals surface area contributed by atoms with Crippen LogP contribution >= 0.6 is 0 Å². The maximum atomic E-state index is 10.8. The van der Waals surface area contributed by atoms with Crippen molar-refractivity contribution in [1.82, 2.24) is 0 Å². The molecule has 0 aliphatic carbocycles. The van der Waals surface area contributed by atoms with Crippen LogP contribution in [0.4, 0.5) is 0 Å². The predicted octanol–water partition coefficient (Wildman–Crippen LogP) is -3.98. The summed E-state index contributed by atoms with van der Waals surface area (Å²) in [5.74, 6) is -1.72. The Hall–Kier alpha value is 0.0800. The van der Waals surface area contributed by atoms with E-state index in [4.69, 9.17) is 5.11 Å². The van der Waals surface area contributed by atoms with Gasteiger partial charge >= 0.3 is 35.5 Å². The zero-order chi connectivity index (χ0) is 11.4. The molecular formula is C7H11NaO6S. The summed E-state index contributed by atoms with van der Waals surface area (Å²) in [5.41, 5.74) is 0.127. The van der Waals surface area contributed by atoms with Gasteiger partial charge in [0.25, 0.3) is 0 Å². The predicted molar refractivity (Wildman–Crippen MR) is 46.3 cm³/mol. The van der Waals surface area contributed by atoms with Crippen LogP contribution in [0.3, 0.4) is 0 Å². The smallest absolute Gasteiger partial charge is 0.748 e. The van der Waals surface area contributed by atoms with Crippen molar-refractivity contribution in [2.45, 2.75) is 13.0 Å². The second kappa shape index (κ2) is 7.37. The molecule has 8 heteroatoms. The normalized spacial score (nSPS) is 12.5.